The zero-order valence-electron chi connectivity index (χ0n) is 10.2. The van der Waals surface area contributed by atoms with E-state index in [4.69, 9.17) is 0 Å². The van der Waals surface area contributed by atoms with E-state index in [0.29, 0.717) is 11.5 Å². The number of nitrogens with zero attached hydrogens (tertiary/aromatic N) is 3. The molecule has 0 atom stereocenters. The molecule has 1 N–H and O–H groups in total. The number of hydrogen-bond donors (Lipinski definition) is 1. The average molecular weight is 246 g/mol. The van der Waals surface area contributed by atoms with Crippen molar-refractivity contribution in [1.29, 1.82) is 0 Å². The van der Waals surface area contributed by atoms with Crippen molar-refractivity contribution < 1.29 is 4.39 Å². The monoisotopic (exact) mass is 246 g/mol. The number of rotatable bonds is 5. The Labute approximate surface area is 105 Å². The standard InChI is InChI=1S/C13H15FN4/c1-2-5-15-6-10-7-17-13(18-8-10)12-4-3-11(14)9-16-12/h3-4,7-9,15H,2,5-6H2,1H3. The molecule has 0 spiro atoms. The Balaban J connectivity index is 2.05. The van der Waals surface area contributed by atoms with E-state index in [0.717, 1.165) is 31.3 Å². The van der Waals surface area contributed by atoms with Gasteiger partial charge < -0.3 is 5.32 Å². The SMILES string of the molecule is CCCNCc1cnc(-c2ccc(F)cn2)nc1. The number of hydrogen-bond acceptors (Lipinski definition) is 4. The molecule has 94 valence electrons. The molecule has 0 aromatic carbocycles. The van der Waals surface area contributed by atoms with Crippen LogP contribution in [0, 0.1) is 5.82 Å². The zero-order chi connectivity index (χ0) is 12.8. The highest BCUT2D eigenvalue weighted by Gasteiger charge is 2.03. The Kier molecular flexibility index (Phi) is 4.30. The Morgan fingerprint density at radius 1 is 1.11 bits per heavy atom. The van der Waals surface area contributed by atoms with E-state index < -0.39 is 0 Å². The summed E-state index contributed by atoms with van der Waals surface area (Å²) >= 11 is 0. The first-order valence-corrected chi connectivity index (χ1v) is 5.93. The quantitative estimate of drug-likeness (QED) is 0.821. The van der Waals surface area contributed by atoms with Gasteiger partial charge in [-0.1, -0.05) is 6.92 Å². The van der Waals surface area contributed by atoms with E-state index in [2.05, 4.69) is 27.2 Å². The molecule has 0 amide bonds. The molecule has 0 radical (unpaired) electrons. The molecule has 0 bridgehead atoms. The lowest BCUT2D eigenvalue weighted by atomic mass is 10.3. The van der Waals surface area contributed by atoms with Crippen molar-refractivity contribution in [3.05, 3.63) is 42.1 Å². The van der Waals surface area contributed by atoms with Crippen LogP contribution in [0.1, 0.15) is 18.9 Å². The van der Waals surface area contributed by atoms with Crippen LogP contribution in [0.15, 0.2) is 30.7 Å². The molecule has 0 aliphatic heterocycles. The highest BCUT2D eigenvalue weighted by atomic mass is 19.1. The van der Waals surface area contributed by atoms with E-state index in [1.807, 2.05) is 0 Å². The summed E-state index contributed by atoms with van der Waals surface area (Å²) in [7, 11) is 0. The fraction of sp³-hybridized carbons (Fsp3) is 0.308. The smallest absolute Gasteiger partial charge is 0.178 e. The first-order valence-electron chi connectivity index (χ1n) is 5.93. The lowest BCUT2D eigenvalue weighted by Crippen LogP contribution is -2.14. The average Bonchev–Trinajstić information content (AvgIpc) is 2.41. The number of pyridine rings is 1. The van der Waals surface area contributed by atoms with Gasteiger partial charge in [-0.25, -0.2) is 19.3 Å². The van der Waals surface area contributed by atoms with Gasteiger partial charge in [0.05, 0.1) is 6.20 Å². The van der Waals surface area contributed by atoms with Crippen molar-refractivity contribution in [3.63, 3.8) is 0 Å². The molecule has 5 heteroatoms. The maximum atomic E-state index is 12.7. The summed E-state index contributed by atoms with van der Waals surface area (Å²) in [6, 6.07) is 2.92. The molecule has 0 saturated carbocycles. The van der Waals surface area contributed by atoms with Crippen LogP contribution < -0.4 is 5.32 Å². The van der Waals surface area contributed by atoms with Gasteiger partial charge in [-0.05, 0) is 25.1 Å². The summed E-state index contributed by atoms with van der Waals surface area (Å²) in [6.07, 6.45) is 5.78. The zero-order valence-corrected chi connectivity index (χ0v) is 10.2. The van der Waals surface area contributed by atoms with E-state index in [-0.39, 0.29) is 5.82 Å². The maximum absolute atomic E-state index is 12.7. The number of aromatic nitrogens is 3. The minimum atomic E-state index is -0.362. The normalized spacial score (nSPS) is 10.6. The van der Waals surface area contributed by atoms with Crippen LogP contribution in [0.3, 0.4) is 0 Å². The molecular weight excluding hydrogens is 231 g/mol. The Bertz CT molecular complexity index is 481. The summed E-state index contributed by atoms with van der Waals surface area (Å²) in [5.74, 6) is 0.147. The van der Waals surface area contributed by atoms with Gasteiger partial charge in [0.2, 0.25) is 0 Å². The third-order valence-electron chi connectivity index (χ3n) is 2.42. The van der Waals surface area contributed by atoms with Crippen LogP contribution >= 0.6 is 0 Å². The van der Waals surface area contributed by atoms with Crippen molar-refractivity contribution in [2.75, 3.05) is 6.54 Å². The Morgan fingerprint density at radius 2 is 1.89 bits per heavy atom. The van der Waals surface area contributed by atoms with Crippen LogP contribution in [0.4, 0.5) is 4.39 Å². The van der Waals surface area contributed by atoms with Gasteiger partial charge in [-0.15, -0.1) is 0 Å². The summed E-state index contributed by atoms with van der Waals surface area (Å²) in [5, 5.41) is 3.27. The van der Waals surface area contributed by atoms with E-state index in [1.165, 1.54) is 6.07 Å². The third kappa shape index (κ3) is 3.30. The predicted molar refractivity (Wildman–Crippen MR) is 67.2 cm³/mol. The predicted octanol–water partition coefficient (Wildman–Crippen LogP) is 2.18. The van der Waals surface area contributed by atoms with Crippen LogP contribution in [-0.4, -0.2) is 21.5 Å². The summed E-state index contributed by atoms with van der Waals surface area (Å²) in [5.41, 5.74) is 1.60. The van der Waals surface area contributed by atoms with Crippen molar-refractivity contribution in [2.24, 2.45) is 0 Å². The minimum Gasteiger partial charge on any atom is -0.313 e. The highest BCUT2D eigenvalue weighted by molar-refractivity contribution is 5.47. The van der Waals surface area contributed by atoms with E-state index >= 15 is 0 Å². The van der Waals surface area contributed by atoms with Crippen LogP contribution in [0.25, 0.3) is 11.5 Å². The van der Waals surface area contributed by atoms with Crippen LogP contribution in [-0.2, 0) is 6.54 Å². The summed E-state index contributed by atoms with van der Waals surface area (Å²) < 4.78 is 12.7. The molecule has 0 fully saturated rings. The fourth-order valence-corrected chi connectivity index (χ4v) is 1.50. The van der Waals surface area contributed by atoms with E-state index in [1.54, 1.807) is 18.5 Å². The Morgan fingerprint density at radius 3 is 2.50 bits per heavy atom. The molecule has 0 unspecified atom stereocenters. The van der Waals surface area contributed by atoms with Gasteiger partial charge in [-0.2, -0.15) is 0 Å². The second-order valence-electron chi connectivity index (χ2n) is 3.95. The summed E-state index contributed by atoms with van der Waals surface area (Å²) in [4.78, 5) is 12.4. The molecule has 2 aromatic rings. The fourth-order valence-electron chi connectivity index (χ4n) is 1.50. The molecule has 2 heterocycles. The minimum absolute atomic E-state index is 0.362. The molecule has 0 saturated heterocycles. The molecule has 4 nitrogen and oxygen atoms in total. The van der Waals surface area contributed by atoms with Gasteiger partial charge in [0, 0.05) is 24.5 Å². The number of halogens is 1. The molecule has 2 aromatic heterocycles. The van der Waals surface area contributed by atoms with Gasteiger partial charge in [0.1, 0.15) is 11.5 Å². The number of nitrogens with one attached hydrogen (secondary N) is 1. The third-order valence-corrected chi connectivity index (χ3v) is 2.42. The second-order valence-corrected chi connectivity index (χ2v) is 3.95. The van der Waals surface area contributed by atoms with E-state index in [9.17, 15) is 4.39 Å². The lowest BCUT2D eigenvalue weighted by Gasteiger charge is -2.03. The van der Waals surface area contributed by atoms with Gasteiger partial charge in [-0.3, -0.25) is 0 Å². The van der Waals surface area contributed by atoms with Crippen molar-refractivity contribution in [3.8, 4) is 11.5 Å². The first kappa shape index (κ1) is 12.6. The van der Waals surface area contributed by atoms with Crippen molar-refractivity contribution in [1.82, 2.24) is 20.3 Å². The van der Waals surface area contributed by atoms with Gasteiger partial charge >= 0.3 is 0 Å². The molecule has 2 rings (SSSR count). The maximum Gasteiger partial charge on any atom is 0.178 e. The highest BCUT2D eigenvalue weighted by Crippen LogP contribution is 2.11. The molecule has 0 aliphatic rings. The van der Waals surface area contributed by atoms with Gasteiger partial charge in [0.25, 0.3) is 0 Å². The Hall–Kier alpha value is -1.88. The van der Waals surface area contributed by atoms with Gasteiger partial charge in [0.15, 0.2) is 5.82 Å². The topological polar surface area (TPSA) is 50.7 Å². The van der Waals surface area contributed by atoms with Crippen LogP contribution in [0.2, 0.25) is 0 Å². The summed E-state index contributed by atoms with van der Waals surface area (Å²) in [6.45, 7) is 3.85. The molecule has 0 aliphatic carbocycles. The molecule has 18 heavy (non-hydrogen) atoms. The second kappa shape index (κ2) is 6.16. The lowest BCUT2D eigenvalue weighted by molar-refractivity contribution is 0.621. The van der Waals surface area contributed by atoms with Crippen LogP contribution in [0.5, 0.6) is 0 Å². The largest absolute Gasteiger partial charge is 0.313 e. The molecular formula is C13H15FN4. The first-order chi connectivity index (χ1) is 8.79. The van der Waals surface area contributed by atoms with Crippen molar-refractivity contribution in [2.45, 2.75) is 19.9 Å². The van der Waals surface area contributed by atoms with Crippen molar-refractivity contribution >= 4 is 0 Å².